The van der Waals surface area contributed by atoms with E-state index in [0.29, 0.717) is 6.54 Å². The second-order valence-electron chi connectivity index (χ2n) is 7.26. The Morgan fingerprint density at radius 3 is 2.54 bits per heavy atom. The van der Waals surface area contributed by atoms with Crippen LogP contribution in [0.3, 0.4) is 0 Å². The van der Waals surface area contributed by atoms with E-state index in [2.05, 4.69) is 6.07 Å². The summed E-state index contributed by atoms with van der Waals surface area (Å²) in [5, 5.41) is 0. The van der Waals surface area contributed by atoms with Crippen molar-refractivity contribution in [2.24, 2.45) is 0 Å². The van der Waals surface area contributed by atoms with Gasteiger partial charge in [0.25, 0.3) is 0 Å². The van der Waals surface area contributed by atoms with Crippen LogP contribution in [0.25, 0.3) is 0 Å². The van der Waals surface area contributed by atoms with E-state index in [4.69, 9.17) is 0 Å². The molecule has 0 aromatic heterocycles. The average Bonchev–Trinajstić information content (AvgIpc) is 3.14. The lowest BCUT2D eigenvalue weighted by molar-refractivity contribution is 0.477. The van der Waals surface area contributed by atoms with Crippen molar-refractivity contribution in [2.75, 3.05) is 10.8 Å². The minimum Gasteiger partial charge on any atom is -0.269 e. The van der Waals surface area contributed by atoms with Crippen LogP contribution in [0.4, 0.5) is 5.69 Å². The Morgan fingerprint density at radius 1 is 1.04 bits per heavy atom. The molecule has 0 saturated heterocycles. The fraction of sp³-hybridized carbons (Fsp3) is 0.400. The molecule has 2 aromatic carbocycles. The zero-order valence-electron chi connectivity index (χ0n) is 14.0. The Balaban J connectivity index is 1.71. The van der Waals surface area contributed by atoms with Gasteiger partial charge in [0.1, 0.15) is 0 Å². The number of sulfonamides is 1. The maximum atomic E-state index is 13.1. The van der Waals surface area contributed by atoms with Crippen molar-refractivity contribution in [1.82, 2.24) is 0 Å². The molecule has 1 saturated carbocycles. The number of benzene rings is 2. The summed E-state index contributed by atoms with van der Waals surface area (Å²) in [6, 6.07) is 15.9. The highest BCUT2D eigenvalue weighted by Gasteiger charge is 2.47. The first-order valence-corrected chi connectivity index (χ1v) is 10.3. The number of aryl methyl sites for hydroxylation is 1. The van der Waals surface area contributed by atoms with Crippen LogP contribution in [0.2, 0.25) is 0 Å². The van der Waals surface area contributed by atoms with E-state index in [-0.39, 0.29) is 11.2 Å². The number of para-hydroxylation sites is 1. The van der Waals surface area contributed by atoms with Gasteiger partial charge in [-0.3, -0.25) is 4.31 Å². The summed E-state index contributed by atoms with van der Waals surface area (Å²) < 4.78 is 28.0. The first kappa shape index (κ1) is 15.7. The van der Waals surface area contributed by atoms with Gasteiger partial charge < -0.3 is 0 Å². The molecule has 24 heavy (non-hydrogen) atoms. The molecular formula is C20H23NO2S. The second-order valence-corrected chi connectivity index (χ2v) is 9.15. The van der Waals surface area contributed by atoms with Crippen LogP contribution in [0.5, 0.6) is 0 Å². The van der Waals surface area contributed by atoms with E-state index < -0.39 is 10.0 Å². The quantitative estimate of drug-likeness (QED) is 0.841. The van der Waals surface area contributed by atoms with Crippen molar-refractivity contribution in [3.63, 3.8) is 0 Å². The summed E-state index contributed by atoms with van der Waals surface area (Å²) in [5.41, 5.74) is 4.12. The highest BCUT2D eigenvalue weighted by Crippen LogP contribution is 2.51. The van der Waals surface area contributed by atoms with Gasteiger partial charge in [-0.1, -0.05) is 60.9 Å². The largest absolute Gasteiger partial charge is 0.269 e. The monoisotopic (exact) mass is 341 g/mol. The van der Waals surface area contributed by atoms with Gasteiger partial charge in [-0.15, -0.1) is 0 Å². The van der Waals surface area contributed by atoms with Gasteiger partial charge in [-0.2, -0.15) is 0 Å². The minimum atomic E-state index is -3.37. The van der Waals surface area contributed by atoms with E-state index in [9.17, 15) is 8.42 Å². The van der Waals surface area contributed by atoms with Gasteiger partial charge in [0, 0.05) is 12.0 Å². The molecule has 1 spiro atoms. The molecule has 4 rings (SSSR count). The third kappa shape index (κ3) is 2.53. The lowest BCUT2D eigenvalue weighted by Gasteiger charge is -2.25. The highest BCUT2D eigenvalue weighted by molar-refractivity contribution is 7.92. The molecule has 2 aliphatic rings. The van der Waals surface area contributed by atoms with Crippen molar-refractivity contribution >= 4 is 15.7 Å². The molecule has 2 aromatic rings. The molecule has 4 heteroatoms. The van der Waals surface area contributed by atoms with Gasteiger partial charge in [-0.05, 0) is 37.0 Å². The van der Waals surface area contributed by atoms with Crippen LogP contribution in [0.1, 0.15) is 42.4 Å². The molecule has 0 bridgehead atoms. The van der Waals surface area contributed by atoms with E-state index >= 15 is 0 Å². The van der Waals surface area contributed by atoms with Crippen molar-refractivity contribution in [3.8, 4) is 0 Å². The molecule has 0 amide bonds. The number of nitrogens with zero attached hydrogens (tertiary/aromatic N) is 1. The summed E-state index contributed by atoms with van der Waals surface area (Å²) in [5.74, 6) is 0.0685. The topological polar surface area (TPSA) is 37.4 Å². The Kier molecular flexibility index (Phi) is 3.68. The van der Waals surface area contributed by atoms with Crippen molar-refractivity contribution in [1.29, 1.82) is 0 Å². The second kappa shape index (κ2) is 5.62. The Morgan fingerprint density at radius 2 is 1.79 bits per heavy atom. The number of anilines is 1. The highest BCUT2D eigenvalue weighted by atomic mass is 32.2. The fourth-order valence-corrected chi connectivity index (χ4v) is 6.06. The lowest BCUT2D eigenvalue weighted by Crippen LogP contribution is -2.36. The fourth-order valence-electron chi connectivity index (χ4n) is 4.40. The zero-order valence-corrected chi connectivity index (χ0v) is 14.8. The van der Waals surface area contributed by atoms with Crippen molar-refractivity contribution in [3.05, 3.63) is 65.2 Å². The van der Waals surface area contributed by atoms with Gasteiger partial charge in [0.15, 0.2) is 0 Å². The third-order valence-electron chi connectivity index (χ3n) is 5.52. The molecule has 1 fully saturated rings. The standard InChI is InChI=1S/C20H23NO2S/c1-16-7-6-8-17(13-16)14-24(22,23)21-15-20(11-4-5-12-20)18-9-2-3-10-19(18)21/h2-3,6-10,13H,4-5,11-12,14-15H2,1H3. The van der Waals surface area contributed by atoms with Crippen LogP contribution in [-0.2, 0) is 21.2 Å². The molecule has 0 radical (unpaired) electrons. The lowest BCUT2D eigenvalue weighted by atomic mass is 9.81. The van der Waals surface area contributed by atoms with Crippen LogP contribution < -0.4 is 4.31 Å². The smallest absolute Gasteiger partial charge is 0.239 e. The van der Waals surface area contributed by atoms with Gasteiger partial charge in [-0.25, -0.2) is 8.42 Å². The predicted octanol–water partition coefficient (Wildman–Crippen LogP) is 4.16. The SMILES string of the molecule is Cc1cccc(CS(=O)(=O)N2CC3(CCCC3)c3ccccc32)c1. The van der Waals surface area contributed by atoms with Crippen LogP contribution >= 0.6 is 0 Å². The van der Waals surface area contributed by atoms with E-state index in [1.165, 1.54) is 18.4 Å². The van der Waals surface area contributed by atoms with Crippen molar-refractivity contribution in [2.45, 2.75) is 43.8 Å². The zero-order chi connectivity index (χ0) is 16.8. The molecular weight excluding hydrogens is 318 g/mol. The molecule has 0 N–H and O–H groups in total. The van der Waals surface area contributed by atoms with Crippen LogP contribution in [0, 0.1) is 6.92 Å². The molecule has 3 nitrogen and oxygen atoms in total. The molecule has 1 aliphatic carbocycles. The first-order valence-electron chi connectivity index (χ1n) is 8.66. The van der Waals surface area contributed by atoms with Crippen molar-refractivity contribution < 1.29 is 8.42 Å². The number of rotatable bonds is 3. The predicted molar refractivity (Wildman–Crippen MR) is 97.7 cm³/mol. The average molecular weight is 341 g/mol. The van der Waals surface area contributed by atoms with Crippen LogP contribution in [0.15, 0.2) is 48.5 Å². The first-order chi connectivity index (χ1) is 11.5. The molecule has 126 valence electrons. The maximum Gasteiger partial charge on any atom is 0.239 e. The van der Waals surface area contributed by atoms with Gasteiger partial charge >= 0.3 is 0 Å². The molecule has 0 atom stereocenters. The molecule has 1 heterocycles. The number of fused-ring (bicyclic) bond motifs is 2. The summed E-state index contributed by atoms with van der Waals surface area (Å²) in [4.78, 5) is 0. The summed E-state index contributed by atoms with van der Waals surface area (Å²) in [7, 11) is -3.37. The Hall–Kier alpha value is -1.81. The third-order valence-corrected chi connectivity index (χ3v) is 7.21. The van der Waals surface area contributed by atoms with Gasteiger partial charge in [0.2, 0.25) is 10.0 Å². The number of hydrogen-bond acceptors (Lipinski definition) is 2. The molecule has 1 aliphatic heterocycles. The summed E-state index contributed by atoms with van der Waals surface area (Å²) >= 11 is 0. The number of hydrogen-bond donors (Lipinski definition) is 0. The Labute approximate surface area is 144 Å². The summed E-state index contributed by atoms with van der Waals surface area (Å²) in [6.45, 7) is 2.61. The maximum absolute atomic E-state index is 13.1. The van der Waals surface area contributed by atoms with Crippen LogP contribution in [-0.4, -0.2) is 15.0 Å². The minimum absolute atomic E-state index is 0.0380. The van der Waals surface area contributed by atoms with E-state index in [1.54, 1.807) is 4.31 Å². The Bertz CT molecular complexity index is 867. The van der Waals surface area contributed by atoms with E-state index in [0.717, 1.165) is 29.7 Å². The summed E-state index contributed by atoms with van der Waals surface area (Å²) in [6.07, 6.45) is 4.58. The van der Waals surface area contributed by atoms with E-state index in [1.807, 2.05) is 49.4 Å². The normalized spacial score (nSPS) is 19.0. The molecule has 0 unspecified atom stereocenters. The van der Waals surface area contributed by atoms with Gasteiger partial charge in [0.05, 0.1) is 11.4 Å².